The number of hydrogen-bond acceptors (Lipinski definition) is 3. The van der Waals surface area contributed by atoms with Crippen molar-refractivity contribution in [3.05, 3.63) is 12.3 Å². The van der Waals surface area contributed by atoms with Crippen LogP contribution in [0.25, 0.3) is 0 Å². The van der Waals surface area contributed by atoms with E-state index < -0.39 is 17.9 Å². The van der Waals surface area contributed by atoms with Crippen LogP contribution >= 0.6 is 0 Å². The van der Waals surface area contributed by atoms with E-state index in [0.717, 1.165) is 12.3 Å². The summed E-state index contributed by atoms with van der Waals surface area (Å²) in [5.74, 6) is -1.76. The maximum absolute atomic E-state index is 10.4. The molecular weight excluding hydrogens is 124 g/mol. The van der Waals surface area contributed by atoms with Gasteiger partial charge in [0.1, 0.15) is 0 Å². The first-order chi connectivity index (χ1) is 4.22. The molecule has 1 atom stereocenters. The Kier molecular flexibility index (Phi) is 1.22. The molecule has 4 heteroatoms. The van der Waals surface area contributed by atoms with Crippen molar-refractivity contribution in [2.24, 2.45) is 0 Å². The van der Waals surface area contributed by atoms with E-state index in [0.29, 0.717) is 0 Å². The standard InChI is InChI=1S/C5H4O4/c6-3-1-2-9-4(3)5(7)8/h1-2,4H,(H,7,8). The lowest BCUT2D eigenvalue weighted by atomic mass is 10.2. The highest BCUT2D eigenvalue weighted by Crippen LogP contribution is 2.03. The average Bonchev–Trinajstić information content (AvgIpc) is 2.13. The van der Waals surface area contributed by atoms with Gasteiger partial charge in [-0.1, -0.05) is 0 Å². The van der Waals surface area contributed by atoms with Crippen molar-refractivity contribution in [3.63, 3.8) is 0 Å². The molecule has 9 heavy (non-hydrogen) atoms. The summed E-state index contributed by atoms with van der Waals surface area (Å²) in [7, 11) is 0. The molecule has 0 amide bonds. The fraction of sp³-hybridized carbons (Fsp3) is 0.200. The van der Waals surface area contributed by atoms with E-state index >= 15 is 0 Å². The Morgan fingerprint density at radius 2 is 2.44 bits per heavy atom. The molecule has 48 valence electrons. The molecule has 0 radical (unpaired) electrons. The van der Waals surface area contributed by atoms with Gasteiger partial charge < -0.3 is 9.84 Å². The Bertz CT molecular complexity index is 181. The quantitative estimate of drug-likeness (QED) is 0.486. The zero-order valence-corrected chi connectivity index (χ0v) is 4.40. The molecule has 1 unspecified atom stereocenters. The summed E-state index contributed by atoms with van der Waals surface area (Å²) in [5, 5.41) is 8.20. The second-order valence-corrected chi connectivity index (χ2v) is 1.56. The highest BCUT2D eigenvalue weighted by molar-refractivity contribution is 6.08. The van der Waals surface area contributed by atoms with E-state index in [1.165, 1.54) is 0 Å². The molecule has 0 fully saturated rings. The molecule has 0 spiro atoms. The Hall–Kier alpha value is -1.32. The summed E-state index contributed by atoms with van der Waals surface area (Å²) in [4.78, 5) is 20.4. The van der Waals surface area contributed by atoms with Crippen LogP contribution in [0.1, 0.15) is 0 Å². The Morgan fingerprint density at radius 1 is 1.78 bits per heavy atom. The highest BCUT2D eigenvalue weighted by Gasteiger charge is 2.28. The SMILES string of the molecule is O=C(O)C1OC=CC1=O. The Morgan fingerprint density at radius 3 is 2.67 bits per heavy atom. The molecule has 1 N–H and O–H groups in total. The molecule has 0 aromatic carbocycles. The first-order valence-corrected chi connectivity index (χ1v) is 2.30. The third kappa shape index (κ3) is 0.910. The molecule has 0 saturated carbocycles. The van der Waals surface area contributed by atoms with Gasteiger partial charge in [-0.2, -0.15) is 0 Å². The number of carboxylic acids is 1. The van der Waals surface area contributed by atoms with E-state index in [1.54, 1.807) is 0 Å². The lowest BCUT2D eigenvalue weighted by Crippen LogP contribution is -2.26. The van der Waals surface area contributed by atoms with Gasteiger partial charge in [-0.25, -0.2) is 4.79 Å². The molecule has 0 saturated heterocycles. The first kappa shape index (κ1) is 5.81. The third-order valence-electron chi connectivity index (χ3n) is 0.930. The third-order valence-corrected chi connectivity index (χ3v) is 0.930. The van der Waals surface area contributed by atoms with E-state index in [-0.39, 0.29) is 0 Å². The number of carbonyl (C=O) groups excluding carboxylic acids is 1. The molecule has 4 nitrogen and oxygen atoms in total. The molecule has 0 bridgehead atoms. The van der Waals surface area contributed by atoms with Crippen LogP contribution in [0.5, 0.6) is 0 Å². The molecule has 1 rings (SSSR count). The second-order valence-electron chi connectivity index (χ2n) is 1.56. The van der Waals surface area contributed by atoms with Crippen molar-refractivity contribution in [1.29, 1.82) is 0 Å². The van der Waals surface area contributed by atoms with Gasteiger partial charge in [-0.05, 0) is 0 Å². The van der Waals surface area contributed by atoms with Gasteiger partial charge in [0.25, 0.3) is 6.10 Å². The predicted molar refractivity (Wildman–Crippen MR) is 26.7 cm³/mol. The fourth-order valence-electron chi connectivity index (χ4n) is 0.519. The van der Waals surface area contributed by atoms with E-state index in [2.05, 4.69) is 4.74 Å². The van der Waals surface area contributed by atoms with E-state index in [9.17, 15) is 9.59 Å². The molecule has 1 heterocycles. The number of aliphatic carboxylic acids is 1. The van der Waals surface area contributed by atoms with E-state index in [4.69, 9.17) is 5.11 Å². The fourth-order valence-corrected chi connectivity index (χ4v) is 0.519. The maximum atomic E-state index is 10.4. The van der Waals surface area contributed by atoms with Gasteiger partial charge in [-0.15, -0.1) is 0 Å². The minimum Gasteiger partial charge on any atom is -0.478 e. The van der Waals surface area contributed by atoms with Crippen molar-refractivity contribution in [1.82, 2.24) is 0 Å². The Balaban J connectivity index is 2.66. The van der Waals surface area contributed by atoms with Crippen LogP contribution in [0.15, 0.2) is 12.3 Å². The number of ketones is 1. The Labute approximate surface area is 50.7 Å². The van der Waals surface area contributed by atoms with Crippen molar-refractivity contribution in [2.45, 2.75) is 6.10 Å². The summed E-state index contributed by atoms with van der Waals surface area (Å²) in [5.41, 5.74) is 0. The van der Waals surface area contributed by atoms with Crippen molar-refractivity contribution < 1.29 is 19.4 Å². The monoisotopic (exact) mass is 128 g/mol. The lowest BCUT2D eigenvalue weighted by Gasteiger charge is -1.99. The summed E-state index contributed by atoms with van der Waals surface area (Å²) in [6.45, 7) is 0. The van der Waals surface area contributed by atoms with Gasteiger partial charge in [-0.3, -0.25) is 4.79 Å². The van der Waals surface area contributed by atoms with Crippen LogP contribution < -0.4 is 0 Å². The van der Waals surface area contributed by atoms with Crippen LogP contribution in [0.3, 0.4) is 0 Å². The number of hydrogen-bond donors (Lipinski definition) is 1. The summed E-state index contributed by atoms with van der Waals surface area (Å²) in [6.07, 6.45) is 0.880. The normalized spacial score (nSPS) is 24.0. The summed E-state index contributed by atoms with van der Waals surface area (Å²) < 4.78 is 4.40. The molecule has 1 aliphatic rings. The summed E-state index contributed by atoms with van der Waals surface area (Å²) in [6, 6.07) is 0. The van der Waals surface area contributed by atoms with Gasteiger partial charge in [0.05, 0.1) is 6.26 Å². The minimum absolute atomic E-state index is 0.512. The molecular formula is C5H4O4. The number of carboxylic acid groups (broad SMARTS) is 1. The lowest BCUT2D eigenvalue weighted by molar-refractivity contribution is -0.149. The average molecular weight is 128 g/mol. The highest BCUT2D eigenvalue weighted by atomic mass is 16.5. The largest absolute Gasteiger partial charge is 0.478 e. The van der Waals surface area contributed by atoms with Gasteiger partial charge in [0, 0.05) is 6.08 Å². The van der Waals surface area contributed by atoms with Crippen LogP contribution in [0.2, 0.25) is 0 Å². The topological polar surface area (TPSA) is 63.6 Å². The van der Waals surface area contributed by atoms with Crippen molar-refractivity contribution >= 4 is 11.8 Å². The number of rotatable bonds is 1. The van der Waals surface area contributed by atoms with Crippen molar-refractivity contribution in [3.8, 4) is 0 Å². The van der Waals surface area contributed by atoms with Crippen molar-refractivity contribution in [2.75, 3.05) is 0 Å². The number of ether oxygens (including phenoxy) is 1. The zero-order chi connectivity index (χ0) is 6.85. The molecule has 0 aromatic heterocycles. The molecule has 0 aliphatic carbocycles. The second kappa shape index (κ2) is 1.89. The van der Waals surface area contributed by atoms with Gasteiger partial charge in [0.2, 0.25) is 5.78 Å². The maximum Gasteiger partial charge on any atom is 0.353 e. The predicted octanol–water partition coefficient (Wildman–Crippen LogP) is -0.447. The minimum atomic E-state index is -1.30. The van der Waals surface area contributed by atoms with Crippen LogP contribution in [-0.2, 0) is 14.3 Å². The molecule has 1 aliphatic heterocycles. The van der Waals surface area contributed by atoms with Crippen LogP contribution in [0, 0.1) is 0 Å². The van der Waals surface area contributed by atoms with Gasteiger partial charge >= 0.3 is 5.97 Å². The molecule has 0 aromatic rings. The number of carbonyl (C=O) groups is 2. The zero-order valence-electron chi connectivity index (χ0n) is 4.40. The summed E-state index contributed by atoms with van der Waals surface area (Å²) >= 11 is 0. The smallest absolute Gasteiger partial charge is 0.353 e. The van der Waals surface area contributed by atoms with Crippen LogP contribution in [-0.4, -0.2) is 23.0 Å². The van der Waals surface area contributed by atoms with E-state index in [1.807, 2.05) is 0 Å². The first-order valence-electron chi connectivity index (χ1n) is 2.30. The van der Waals surface area contributed by atoms with Gasteiger partial charge in [0.15, 0.2) is 0 Å². The van der Waals surface area contributed by atoms with Crippen LogP contribution in [0.4, 0.5) is 0 Å².